The maximum atomic E-state index is 8.68. The number of likely N-dealkylation sites (N-methyl/N-ethyl adjacent to an activating group) is 1. The first-order chi connectivity index (χ1) is 7.22. The van der Waals surface area contributed by atoms with Gasteiger partial charge < -0.3 is 4.90 Å². The smallest absolute Gasteiger partial charge is 0.0666 e. The summed E-state index contributed by atoms with van der Waals surface area (Å²) in [5.74, 6) is 0.104. The van der Waals surface area contributed by atoms with Crippen LogP contribution in [-0.2, 0) is 6.42 Å². The van der Waals surface area contributed by atoms with Crippen LogP contribution in [0.1, 0.15) is 12.5 Å². The number of nitrogens with zero attached hydrogens (tertiary/aromatic N) is 3. The predicted octanol–water partition coefficient (Wildman–Crippen LogP) is 1.72. The van der Waals surface area contributed by atoms with Crippen molar-refractivity contribution in [3.8, 4) is 6.07 Å². The zero-order valence-electron chi connectivity index (χ0n) is 9.35. The van der Waals surface area contributed by atoms with Crippen molar-refractivity contribution in [2.75, 3.05) is 20.1 Å². The maximum absolute atomic E-state index is 8.68. The van der Waals surface area contributed by atoms with Crippen molar-refractivity contribution in [3.63, 3.8) is 0 Å². The Bertz CT molecular complexity index is 315. The fourth-order valence-electron chi connectivity index (χ4n) is 1.47. The van der Waals surface area contributed by atoms with E-state index in [1.807, 2.05) is 31.5 Å². The van der Waals surface area contributed by atoms with Crippen molar-refractivity contribution in [2.45, 2.75) is 13.3 Å². The molecule has 1 rings (SSSR count). The quantitative estimate of drug-likeness (QED) is 0.731. The van der Waals surface area contributed by atoms with Crippen LogP contribution in [0.4, 0.5) is 0 Å². The van der Waals surface area contributed by atoms with Gasteiger partial charge in [0.2, 0.25) is 0 Å². The van der Waals surface area contributed by atoms with Crippen LogP contribution in [0.25, 0.3) is 0 Å². The summed E-state index contributed by atoms with van der Waals surface area (Å²) in [4.78, 5) is 6.17. The summed E-state index contributed by atoms with van der Waals surface area (Å²) in [7, 11) is 2.05. The number of hydrogen-bond donors (Lipinski definition) is 0. The Morgan fingerprint density at radius 2 is 2.13 bits per heavy atom. The number of rotatable bonds is 5. The molecule has 1 aromatic heterocycles. The first-order valence-corrected chi connectivity index (χ1v) is 5.19. The summed E-state index contributed by atoms with van der Waals surface area (Å²) in [6, 6.07) is 6.30. The fourth-order valence-corrected chi connectivity index (χ4v) is 1.47. The second-order valence-electron chi connectivity index (χ2n) is 3.90. The molecule has 1 aromatic rings. The van der Waals surface area contributed by atoms with Crippen LogP contribution in [-0.4, -0.2) is 30.0 Å². The predicted molar refractivity (Wildman–Crippen MR) is 60.2 cm³/mol. The molecule has 1 unspecified atom stereocenters. The van der Waals surface area contributed by atoms with Gasteiger partial charge >= 0.3 is 0 Å². The van der Waals surface area contributed by atoms with Crippen molar-refractivity contribution >= 4 is 0 Å². The lowest BCUT2D eigenvalue weighted by Gasteiger charge is -2.17. The monoisotopic (exact) mass is 203 g/mol. The summed E-state index contributed by atoms with van der Waals surface area (Å²) < 4.78 is 0. The van der Waals surface area contributed by atoms with Gasteiger partial charge in [-0.1, -0.05) is 0 Å². The second kappa shape index (κ2) is 6.15. The highest BCUT2D eigenvalue weighted by Crippen LogP contribution is 2.01. The first-order valence-electron chi connectivity index (χ1n) is 5.19. The maximum Gasteiger partial charge on any atom is 0.0666 e. The van der Waals surface area contributed by atoms with Crippen molar-refractivity contribution in [1.82, 2.24) is 9.88 Å². The summed E-state index contributed by atoms with van der Waals surface area (Å²) in [5, 5.41) is 8.68. The van der Waals surface area contributed by atoms with Gasteiger partial charge in [0.1, 0.15) is 0 Å². The van der Waals surface area contributed by atoms with Crippen LogP contribution < -0.4 is 0 Å². The molecule has 0 aliphatic carbocycles. The Hall–Kier alpha value is -1.40. The minimum absolute atomic E-state index is 0.104. The highest BCUT2D eigenvalue weighted by Gasteiger charge is 2.04. The standard InChI is InChI=1S/C12H17N3/c1-11(9-13)10-15(2)8-5-12-3-6-14-7-4-12/h3-4,6-7,11H,5,8,10H2,1-2H3. The van der Waals surface area contributed by atoms with E-state index in [0.29, 0.717) is 0 Å². The molecule has 3 nitrogen and oxygen atoms in total. The Morgan fingerprint density at radius 3 is 2.73 bits per heavy atom. The van der Waals surface area contributed by atoms with E-state index in [2.05, 4.69) is 23.0 Å². The molecule has 0 aliphatic heterocycles. The van der Waals surface area contributed by atoms with Gasteiger partial charge in [-0.25, -0.2) is 0 Å². The molecule has 0 spiro atoms. The number of nitriles is 1. The average Bonchev–Trinajstić information content (AvgIpc) is 2.27. The highest BCUT2D eigenvalue weighted by atomic mass is 15.1. The number of aromatic nitrogens is 1. The van der Waals surface area contributed by atoms with Gasteiger partial charge in [0, 0.05) is 25.5 Å². The van der Waals surface area contributed by atoms with Crippen molar-refractivity contribution < 1.29 is 0 Å². The van der Waals surface area contributed by atoms with E-state index in [1.54, 1.807) is 0 Å². The van der Waals surface area contributed by atoms with Gasteiger partial charge in [0.15, 0.2) is 0 Å². The Balaban J connectivity index is 2.29. The minimum Gasteiger partial charge on any atom is -0.305 e. The molecule has 0 fully saturated rings. The molecular formula is C12H17N3. The molecule has 0 N–H and O–H groups in total. The third-order valence-electron chi connectivity index (χ3n) is 2.34. The topological polar surface area (TPSA) is 39.9 Å². The van der Waals surface area contributed by atoms with Crippen molar-refractivity contribution in [2.24, 2.45) is 5.92 Å². The van der Waals surface area contributed by atoms with E-state index < -0.39 is 0 Å². The molecule has 3 heteroatoms. The molecule has 0 saturated carbocycles. The molecule has 1 heterocycles. The third-order valence-corrected chi connectivity index (χ3v) is 2.34. The zero-order chi connectivity index (χ0) is 11.1. The minimum atomic E-state index is 0.104. The lowest BCUT2D eigenvalue weighted by Crippen LogP contribution is -2.26. The molecule has 0 aromatic carbocycles. The Kier molecular flexibility index (Phi) is 4.79. The molecular weight excluding hydrogens is 186 g/mol. The Morgan fingerprint density at radius 1 is 1.47 bits per heavy atom. The average molecular weight is 203 g/mol. The van der Waals surface area contributed by atoms with Gasteiger partial charge in [-0.05, 0) is 38.1 Å². The molecule has 0 amide bonds. The highest BCUT2D eigenvalue weighted by molar-refractivity contribution is 5.09. The lowest BCUT2D eigenvalue weighted by molar-refractivity contribution is 0.314. The summed E-state index contributed by atoms with van der Waals surface area (Å²) >= 11 is 0. The molecule has 1 atom stereocenters. The van der Waals surface area contributed by atoms with E-state index in [-0.39, 0.29) is 5.92 Å². The van der Waals surface area contributed by atoms with Crippen LogP contribution >= 0.6 is 0 Å². The largest absolute Gasteiger partial charge is 0.305 e. The Labute approximate surface area is 91.4 Å². The van der Waals surface area contributed by atoms with Gasteiger partial charge in [-0.15, -0.1) is 0 Å². The lowest BCUT2D eigenvalue weighted by atomic mass is 10.1. The molecule has 0 saturated heterocycles. The van der Waals surface area contributed by atoms with E-state index in [0.717, 1.165) is 19.5 Å². The van der Waals surface area contributed by atoms with Crippen LogP contribution in [0.2, 0.25) is 0 Å². The van der Waals surface area contributed by atoms with E-state index in [1.165, 1.54) is 5.56 Å². The first kappa shape index (κ1) is 11.7. The zero-order valence-corrected chi connectivity index (χ0v) is 9.35. The van der Waals surface area contributed by atoms with E-state index in [9.17, 15) is 0 Å². The summed E-state index contributed by atoms with van der Waals surface area (Å²) in [6.45, 7) is 3.76. The van der Waals surface area contributed by atoms with E-state index >= 15 is 0 Å². The number of hydrogen-bond acceptors (Lipinski definition) is 3. The van der Waals surface area contributed by atoms with Gasteiger partial charge in [-0.2, -0.15) is 5.26 Å². The summed E-state index contributed by atoms with van der Waals surface area (Å²) in [5.41, 5.74) is 1.29. The fraction of sp³-hybridized carbons (Fsp3) is 0.500. The molecule has 0 radical (unpaired) electrons. The number of pyridine rings is 1. The second-order valence-corrected chi connectivity index (χ2v) is 3.90. The van der Waals surface area contributed by atoms with Crippen LogP contribution in [0, 0.1) is 17.2 Å². The van der Waals surface area contributed by atoms with Crippen molar-refractivity contribution in [1.29, 1.82) is 5.26 Å². The van der Waals surface area contributed by atoms with Gasteiger partial charge in [0.05, 0.1) is 12.0 Å². The van der Waals surface area contributed by atoms with Gasteiger partial charge in [-0.3, -0.25) is 4.98 Å². The van der Waals surface area contributed by atoms with Gasteiger partial charge in [0.25, 0.3) is 0 Å². The SMILES string of the molecule is CC(C#N)CN(C)CCc1ccncc1. The third kappa shape index (κ3) is 4.57. The molecule has 0 aliphatic rings. The van der Waals surface area contributed by atoms with Crippen LogP contribution in [0.5, 0.6) is 0 Å². The molecule has 15 heavy (non-hydrogen) atoms. The summed E-state index contributed by atoms with van der Waals surface area (Å²) in [6.07, 6.45) is 4.64. The van der Waals surface area contributed by atoms with Crippen LogP contribution in [0.15, 0.2) is 24.5 Å². The van der Waals surface area contributed by atoms with Crippen LogP contribution in [0.3, 0.4) is 0 Å². The normalized spacial score (nSPS) is 12.4. The van der Waals surface area contributed by atoms with E-state index in [4.69, 9.17) is 5.26 Å². The molecule has 0 bridgehead atoms. The molecule has 80 valence electrons. The van der Waals surface area contributed by atoms with Crippen molar-refractivity contribution in [3.05, 3.63) is 30.1 Å².